The lowest BCUT2D eigenvalue weighted by Crippen LogP contribution is -2.17. The molecule has 0 aliphatic heterocycles. The summed E-state index contributed by atoms with van der Waals surface area (Å²) in [5.41, 5.74) is 6.58. The van der Waals surface area contributed by atoms with Crippen LogP contribution in [0, 0.1) is 0 Å². The summed E-state index contributed by atoms with van der Waals surface area (Å²) in [5, 5.41) is 3.52. The van der Waals surface area contributed by atoms with Gasteiger partial charge in [-0.25, -0.2) is 4.98 Å². The van der Waals surface area contributed by atoms with E-state index in [2.05, 4.69) is 10.3 Å². The number of pyridine rings is 1. The van der Waals surface area contributed by atoms with Gasteiger partial charge in [-0.2, -0.15) is 13.2 Å². The maximum Gasteiger partial charge on any atom is 0.433 e. The summed E-state index contributed by atoms with van der Waals surface area (Å²) in [5.74, 6) is -0.170. The molecular weight excluding hydrogens is 439 g/mol. The number of alkyl halides is 3. The smallest absolute Gasteiger partial charge is 0.433 e. The highest BCUT2D eigenvalue weighted by molar-refractivity contribution is 7.21. The van der Waals surface area contributed by atoms with Gasteiger partial charge in [0.1, 0.15) is 21.2 Å². The SMILES string of the molecule is COc1ccc(Cl)cc1NC(=O)c1sc2nc(C(F)(F)F)c3c(c2c1N)CCCC3. The van der Waals surface area contributed by atoms with Crippen LogP contribution in [0.2, 0.25) is 5.02 Å². The van der Waals surface area contributed by atoms with Gasteiger partial charge in [0.25, 0.3) is 5.91 Å². The van der Waals surface area contributed by atoms with E-state index in [0.29, 0.717) is 46.7 Å². The Morgan fingerprint density at radius 1 is 1.27 bits per heavy atom. The van der Waals surface area contributed by atoms with Gasteiger partial charge >= 0.3 is 6.18 Å². The number of ether oxygens (including phenoxy) is 1. The van der Waals surface area contributed by atoms with Crippen LogP contribution in [0.25, 0.3) is 10.2 Å². The van der Waals surface area contributed by atoms with E-state index < -0.39 is 17.8 Å². The van der Waals surface area contributed by atoms with E-state index in [0.717, 1.165) is 17.8 Å². The van der Waals surface area contributed by atoms with Crippen molar-refractivity contribution >= 4 is 50.4 Å². The number of rotatable bonds is 3. The number of nitrogens with one attached hydrogen (secondary N) is 1. The highest BCUT2D eigenvalue weighted by Crippen LogP contribution is 2.43. The van der Waals surface area contributed by atoms with Crippen LogP contribution in [0.15, 0.2) is 18.2 Å². The van der Waals surface area contributed by atoms with E-state index in [9.17, 15) is 18.0 Å². The molecule has 158 valence electrons. The lowest BCUT2D eigenvalue weighted by Gasteiger charge is -2.21. The van der Waals surface area contributed by atoms with Crippen molar-refractivity contribution in [3.05, 3.63) is 44.9 Å². The number of nitrogens with two attached hydrogens (primary N) is 1. The van der Waals surface area contributed by atoms with E-state index in [1.807, 2.05) is 0 Å². The Kier molecular flexibility index (Phi) is 5.27. The predicted molar refractivity (Wildman–Crippen MR) is 112 cm³/mol. The van der Waals surface area contributed by atoms with Gasteiger partial charge in [-0.05, 0) is 55.0 Å². The average molecular weight is 456 g/mol. The van der Waals surface area contributed by atoms with E-state index in [4.69, 9.17) is 22.1 Å². The first-order valence-corrected chi connectivity index (χ1v) is 10.4. The highest BCUT2D eigenvalue weighted by Gasteiger charge is 2.38. The van der Waals surface area contributed by atoms with Crippen molar-refractivity contribution < 1.29 is 22.7 Å². The van der Waals surface area contributed by atoms with Crippen LogP contribution in [0.4, 0.5) is 24.5 Å². The third-order valence-electron chi connectivity index (χ3n) is 5.08. The molecule has 1 aliphatic carbocycles. The standard InChI is InChI=1S/C20H17ClF3N3O2S/c1-29-13-7-6-9(21)8-12(13)26-18(28)16-15(25)14-10-4-2-3-5-11(10)17(20(22,23)24)27-19(14)30-16/h6-8H,2-5,25H2,1H3,(H,26,28). The number of nitrogen functional groups attached to an aromatic ring is 1. The zero-order valence-electron chi connectivity index (χ0n) is 15.8. The van der Waals surface area contributed by atoms with Crippen molar-refractivity contribution in [3.63, 3.8) is 0 Å². The third-order valence-corrected chi connectivity index (χ3v) is 6.41. The second kappa shape index (κ2) is 7.63. The zero-order chi connectivity index (χ0) is 21.6. The fourth-order valence-corrected chi connectivity index (χ4v) is 4.97. The summed E-state index contributed by atoms with van der Waals surface area (Å²) in [4.78, 5) is 17.0. The van der Waals surface area contributed by atoms with Crippen molar-refractivity contribution in [2.75, 3.05) is 18.2 Å². The average Bonchev–Trinajstić information content (AvgIpc) is 3.04. The molecule has 0 saturated carbocycles. The first kappa shape index (κ1) is 20.7. The van der Waals surface area contributed by atoms with Crippen LogP contribution in [0.1, 0.15) is 39.3 Å². The van der Waals surface area contributed by atoms with Gasteiger partial charge in [0, 0.05) is 10.4 Å². The van der Waals surface area contributed by atoms with E-state index >= 15 is 0 Å². The second-order valence-corrected chi connectivity index (χ2v) is 8.38. The number of nitrogens with zero attached hydrogens (tertiary/aromatic N) is 1. The molecule has 5 nitrogen and oxygen atoms in total. The quantitative estimate of drug-likeness (QED) is 0.531. The second-order valence-electron chi connectivity index (χ2n) is 6.95. The summed E-state index contributed by atoms with van der Waals surface area (Å²) < 4.78 is 46.0. The number of aryl methyl sites for hydroxylation is 1. The first-order chi connectivity index (χ1) is 14.2. The van der Waals surface area contributed by atoms with E-state index in [1.165, 1.54) is 13.2 Å². The van der Waals surface area contributed by atoms with Crippen molar-refractivity contribution in [1.82, 2.24) is 4.98 Å². The van der Waals surface area contributed by atoms with Gasteiger partial charge in [-0.3, -0.25) is 4.79 Å². The van der Waals surface area contributed by atoms with Crippen LogP contribution >= 0.6 is 22.9 Å². The number of anilines is 2. The third kappa shape index (κ3) is 3.56. The number of carbonyl (C=O) groups is 1. The topological polar surface area (TPSA) is 77.2 Å². The summed E-state index contributed by atoms with van der Waals surface area (Å²) in [6, 6.07) is 4.72. The van der Waals surface area contributed by atoms with Gasteiger partial charge < -0.3 is 15.8 Å². The normalized spacial score (nSPS) is 13.9. The lowest BCUT2D eigenvalue weighted by molar-refractivity contribution is -0.141. The van der Waals surface area contributed by atoms with Crippen LogP contribution in [-0.4, -0.2) is 18.0 Å². The Bertz CT molecular complexity index is 1160. The Balaban J connectivity index is 1.82. The first-order valence-electron chi connectivity index (χ1n) is 9.16. The molecule has 0 fully saturated rings. The number of halogens is 4. The molecule has 1 aromatic carbocycles. The summed E-state index contributed by atoms with van der Waals surface area (Å²) >= 11 is 6.84. The fraction of sp³-hybridized carbons (Fsp3) is 0.300. The number of carbonyl (C=O) groups excluding carboxylic acids is 1. The minimum absolute atomic E-state index is 0.103. The van der Waals surface area contributed by atoms with Gasteiger partial charge in [-0.15, -0.1) is 11.3 Å². The molecule has 3 aromatic rings. The largest absolute Gasteiger partial charge is 0.495 e. The summed E-state index contributed by atoms with van der Waals surface area (Å²) in [6.45, 7) is 0. The number of methoxy groups -OCH3 is 1. The van der Waals surface area contributed by atoms with Crippen molar-refractivity contribution in [2.24, 2.45) is 0 Å². The van der Waals surface area contributed by atoms with Crippen LogP contribution in [-0.2, 0) is 19.0 Å². The zero-order valence-corrected chi connectivity index (χ0v) is 17.4. The number of hydrogen-bond acceptors (Lipinski definition) is 5. The molecule has 2 aromatic heterocycles. The molecule has 0 unspecified atom stereocenters. The van der Waals surface area contributed by atoms with Crippen molar-refractivity contribution in [3.8, 4) is 5.75 Å². The molecule has 0 spiro atoms. The number of thiophene rings is 1. The van der Waals surface area contributed by atoms with Gasteiger partial charge in [0.15, 0.2) is 0 Å². The number of fused-ring (bicyclic) bond motifs is 3. The van der Waals surface area contributed by atoms with Gasteiger partial charge in [0.2, 0.25) is 0 Å². The monoisotopic (exact) mass is 455 g/mol. The molecule has 30 heavy (non-hydrogen) atoms. The maximum absolute atomic E-state index is 13.6. The predicted octanol–water partition coefficient (Wildman–Crippen LogP) is 5.69. The molecule has 0 bridgehead atoms. The Hall–Kier alpha value is -2.52. The molecule has 10 heteroatoms. The van der Waals surface area contributed by atoms with Crippen LogP contribution in [0.5, 0.6) is 5.75 Å². The molecule has 4 rings (SSSR count). The van der Waals surface area contributed by atoms with Crippen LogP contribution < -0.4 is 15.8 Å². The molecule has 0 atom stereocenters. The fourth-order valence-electron chi connectivity index (χ4n) is 3.77. The summed E-state index contributed by atoms with van der Waals surface area (Å²) in [7, 11) is 1.45. The molecule has 1 amide bonds. The Morgan fingerprint density at radius 3 is 2.63 bits per heavy atom. The minimum atomic E-state index is -4.56. The van der Waals surface area contributed by atoms with Crippen molar-refractivity contribution in [1.29, 1.82) is 0 Å². The Labute approximate surface area is 179 Å². The minimum Gasteiger partial charge on any atom is -0.495 e. The molecule has 0 radical (unpaired) electrons. The number of hydrogen-bond donors (Lipinski definition) is 2. The van der Waals surface area contributed by atoms with Gasteiger partial charge in [-0.1, -0.05) is 11.6 Å². The Morgan fingerprint density at radius 2 is 1.97 bits per heavy atom. The molecule has 2 heterocycles. The number of aromatic nitrogens is 1. The summed E-state index contributed by atoms with van der Waals surface area (Å²) in [6.07, 6.45) is -2.37. The maximum atomic E-state index is 13.6. The molecule has 0 saturated heterocycles. The highest BCUT2D eigenvalue weighted by atomic mass is 35.5. The van der Waals surface area contributed by atoms with E-state index in [1.54, 1.807) is 12.1 Å². The van der Waals surface area contributed by atoms with Gasteiger partial charge in [0.05, 0.1) is 18.5 Å². The van der Waals surface area contributed by atoms with E-state index in [-0.39, 0.29) is 21.0 Å². The van der Waals surface area contributed by atoms with Crippen LogP contribution in [0.3, 0.4) is 0 Å². The lowest BCUT2D eigenvalue weighted by atomic mass is 9.88. The number of benzene rings is 1. The van der Waals surface area contributed by atoms with Crippen molar-refractivity contribution in [2.45, 2.75) is 31.9 Å². The number of amides is 1. The molecule has 3 N–H and O–H groups in total. The molecule has 1 aliphatic rings. The molecular formula is C20H17ClF3N3O2S.